The monoisotopic (exact) mass is 212 g/mol. The van der Waals surface area contributed by atoms with Crippen LogP contribution in [0.1, 0.15) is 18.1 Å². The predicted octanol–water partition coefficient (Wildman–Crippen LogP) is 1.51. The van der Waals surface area contributed by atoms with Gasteiger partial charge >= 0.3 is 5.97 Å². The molecule has 1 unspecified atom stereocenters. The molecular formula is C11H13FO3. The molecule has 0 saturated carbocycles. The van der Waals surface area contributed by atoms with Crippen LogP contribution in [0.3, 0.4) is 0 Å². The lowest BCUT2D eigenvalue weighted by atomic mass is 9.95. The lowest BCUT2D eigenvalue weighted by molar-refractivity contribution is -0.156. The Morgan fingerprint density at radius 1 is 1.53 bits per heavy atom. The zero-order chi connectivity index (χ0) is 11.6. The third-order valence-corrected chi connectivity index (χ3v) is 2.20. The van der Waals surface area contributed by atoms with Gasteiger partial charge in [0.2, 0.25) is 0 Å². The van der Waals surface area contributed by atoms with Crippen LogP contribution in [0.2, 0.25) is 0 Å². The smallest absolute Gasteiger partial charge is 0.335 e. The molecule has 15 heavy (non-hydrogen) atoms. The average molecular weight is 212 g/mol. The van der Waals surface area contributed by atoms with Crippen LogP contribution in [0.5, 0.6) is 0 Å². The summed E-state index contributed by atoms with van der Waals surface area (Å²) >= 11 is 0. The van der Waals surface area contributed by atoms with Gasteiger partial charge in [-0.2, -0.15) is 0 Å². The zero-order valence-electron chi connectivity index (χ0n) is 8.62. The Labute approximate surface area is 87.2 Å². The van der Waals surface area contributed by atoms with Crippen LogP contribution in [0.25, 0.3) is 0 Å². The molecule has 0 bridgehead atoms. The average Bonchev–Trinajstić information content (AvgIpc) is 2.10. The summed E-state index contributed by atoms with van der Waals surface area (Å²) in [6, 6.07) is 4.39. The number of hydrogen-bond donors (Lipinski definition) is 2. The molecule has 4 heteroatoms. The van der Waals surface area contributed by atoms with E-state index in [0.717, 1.165) is 12.5 Å². The molecule has 0 spiro atoms. The van der Waals surface area contributed by atoms with Gasteiger partial charge in [-0.1, -0.05) is 17.7 Å². The number of aliphatic hydroxyl groups is 1. The van der Waals surface area contributed by atoms with Gasteiger partial charge in [0.15, 0.2) is 5.60 Å². The summed E-state index contributed by atoms with van der Waals surface area (Å²) < 4.78 is 13.3. The molecule has 0 saturated heterocycles. The summed E-state index contributed by atoms with van der Waals surface area (Å²) in [7, 11) is 0. The summed E-state index contributed by atoms with van der Waals surface area (Å²) in [5.74, 6) is -1.86. The van der Waals surface area contributed by atoms with Gasteiger partial charge in [-0.25, -0.2) is 9.18 Å². The van der Waals surface area contributed by atoms with E-state index in [1.807, 2.05) is 0 Å². The molecule has 1 atom stereocenters. The van der Waals surface area contributed by atoms with Crippen LogP contribution in [0.15, 0.2) is 18.2 Å². The molecular weight excluding hydrogens is 199 g/mol. The van der Waals surface area contributed by atoms with Crippen LogP contribution in [0, 0.1) is 12.7 Å². The van der Waals surface area contributed by atoms with E-state index < -0.39 is 17.4 Å². The van der Waals surface area contributed by atoms with Crippen LogP contribution in [-0.4, -0.2) is 21.8 Å². The molecule has 82 valence electrons. The Morgan fingerprint density at radius 3 is 2.67 bits per heavy atom. The highest BCUT2D eigenvalue weighted by atomic mass is 19.1. The van der Waals surface area contributed by atoms with Crippen molar-refractivity contribution >= 4 is 5.97 Å². The molecule has 0 aliphatic heterocycles. The molecule has 1 rings (SSSR count). The number of hydrogen-bond acceptors (Lipinski definition) is 2. The topological polar surface area (TPSA) is 57.5 Å². The first kappa shape index (κ1) is 11.7. The number of carboxylic acids is 1. The van der Waals surface area contributed by atoms with Gasteiger partial charge in [-0.05, 0) is 25.5 Å². The number of carbonyl (C=O) groups is 1. The molecule has 0 aliphatic rings. The summed E-state index contributed by atoms with van der Waals surface area (Å²) in [5, 5.41) is 18.2. The van der Waals surface area contributed by atoms with E-state index in [0.29, 0.717) is 0 Å². The summed E-state index contributed by atoms with van der Waals surface area (Å²) in [4.78, 5) is 10.6. The normalized spacial score (nSPS) is 14.7. The lowest BCUT2D eigenvalue weighted by Crippen LogP contribution is -2.37. The summed E-state index contributed by atoms with van der Waals surface area (Å²) in [5.41, 5.74) is -0.899. The fraction of sp³-hybridized carbons (Fsp3) is 0.364. The number of rotatable bonds is 3. The second-order valence-electron chi connectivity index (χ2n) is 3.85. The molecule has 0 aromatic heterocycles. The number of benzene rings is 1. The van der Waals surface area contributed by atoms with E-state index in [1.54, 1.807) is 13.0 Å². The largest absolute Gasteiger partial charge is 0.479 e. The van der Waals surface area contributed by atoms with Gasteiger partial charge in [0, 0.05) is 6.42 Å². The Kier molecular flexibility index (Phi) is 3.09. The first-order chi connectivity index (χ1) is 6.83. The zero-order valence-corrected chi connectivity index (χ0v) is 8.62. The SMILES string of the molecule is Cc1ccc(F)c(CC(C)(O)C(=O)O)c1. The lowest BCUT2D eigenvalue weighted by Gasteiger charge is -2.18. The van der Waals surface area contributed by atoms with E-state index in [2.05, 4.69) is 0 Å². The van der Waals surface area contributed by atoms with E-state index in [4.69, 9.17) is 5.11 Å². The highest BCUT2D eigenvalue weighted by Crippen LogP contribution is 2.17. The van der Waals surface area contributed by atoms with Crippen molar-refractivity contribution < 1.29 is 19.4 Å². The van der Waals surface area contributed by atoms with Gasteiger partial charge in [-0.3, -0.25) is 0 Å². The number of aryl methyl sites for hydroxylation is 1. The molecule has 0 radical (unpaired) electrons. The third-order valence-electron chi connectivity index (χ3n) is 2.20. The molecule has 2 N–H and O–H groups in total. The van der Waals surface area contributed by atoms with Crippen molar-refractivity contribution in [2.45, 2.75) is 25.9 Å². The number of aliphatic carboxylic acids is 1. The highest BCUT2D eigenvalue weighted by Gasteiger charge is 2.31. The van der Waals surface area contributed by atoms with Gasteiger partial charge in [0.05, 0.1) is 0 Å². The van der Waals surface area contributed by atoms with Crippen LogP contribution in [-0.2, 0) is 11.2 Å². The molecule has 1 aromatic rings. The minimum Gasteiger partial charge on any atom is -0.479 e. The summed E-state index contributed by atoms with van der Waals surface area (Å²) in [6.07, 6.45) is -0.240. The maximum absolute atomic E-state index is 13.3. The van der Waals surface area contributed by atoms with Crippen molar-refractivity contribution in [2.24, 2.45) is 0 Å². The van der Waals surface area contributed by atoms with Crippen molar-refractivity contribution in [1.82, 2.24) is 0 Å². The Morgan fingerprint density at radius 2 is 2.13 bits per heavy atom. The molecule has 0 fully saturated rings. The van der Waals surface area contributed by atoms with Crippen molar-refractivity contribution in [1.29, 1.82) is 0 Å². The maximum atomic E-state index is 13.3. The maximum Gasteiger partial charge on any atom is 0.335 e. The summed E-state index contributed by atoms with van der Waals surface area (Å²) in [6.45, 7) is 2.93. The first-order valence-electron chi connectivity index (χ1n) is 4.54. The third kappa shape index (κ3) is 2.76. The van der Waals surface area contributed by atoms with E-state index >= 15 is 0 Å². The molecule has 3 nitrogen and oxygen atoms in total. The fourth-order valence-electron chi connectivity index (χ4n) is 1.29. The minimum atomic E-state index is -1.94. The highest BCUT2D eigenvalue weighted by molar-refractivity contribution is 5.76. The second-order valence-corrected chi connectivity index (χ2v) is 3.85. The van der Waals surface area contributed by atoms with E-state index in [9.17, 15) is 14.3 Å². The molecule has 0 aliphatic carbocycles. The standard InChI is InChI=1S/C11H13FO3/c1-7-3-4-9(12)8(5-7)6-11(2,15)10(13)14/h3-5,15H,6H2,1-2H3,(H,13,14). The quantitative estimate of drug-likeness (QED) is 0.798. The van der Waals surface area contributed by atoms with Crippen molar-refractivity contribution in [3.8, 4) is 0 Å². The van der Waals surface area contributed by atoms with E-state index in [1.165, 1.54) is 12.1 Å². The number of halogens is 1. The van der Waals surface area contributed by atoms with Crippen LogP contribution < -0.4 is 0 Å². The number of carboxylic acid groups (broad SMARTS) is 1. The fourth-order valence-corrected chi connectivity index (χ4v) is 1.29. The molecule has 0 amide bonds. The Hall–Kier alpha value is -1.42. The van der Waals surface area contributed by atoms with Crippen molar-refractivity contribution in [3.05, 3.63) is 35.1 Å². The van der Waals surface area contributed by atoms with Gasteiger partial charge < -0.3 is 10.2 Å². The predicted molar refractivity (Wildman–Crippen MR) is 53.1 cm³/mol. The molecule has 0 heterocycles. The Balaban J connectivity index is 2.99. The van der Waals surface area contributed by atoms with Gasteiger partial charge in [-0.15, -0.1) is 0 Å². The van der Waals surface area contributed by atoms with E-state index in [-0.39, 0.29) is 12.0 Å². The van der Waals surface area contributed by atoms with Crippen molar-refractivity contribution in [3.63, 3.8) is 0 Å². The minimum absolute atomic E-state index is 0.211. The second kappa shape index (κ2) is 3.98. The first-order valence-corrected chi connectivity index (χ1v) is 4.54. The van der Waals surface area contributed by atoms with Crippen LogP contribution >= 0.6 is 0 Å². The van der Waals surface area contributed by atoms with Gasteiger partial charge in [0.1, 0.15) is 5.82 Å². The van der Waals surface area contributed by atoms with Crippen LogP contribution in [0.4, 0.5) is 4.39 Å². The van der Waals surface area contributed by atoms with Crippen molar-refractivity contribution in [2.75, 3.05) is 0 Å². The van der Waals surface area contributed by atoms with Gasteiger partial charge in [0.25, 0.3) is 0 Å². The Bertz CT molecular complexity index is 385. The molecule has 1 aromatic carbocycles.